The Balaban J connectivity index is 2.18. The minimum Gasteiger partial charge on any atom is -0.326 e. The maximum absolute atomic E-state index is 12.0. The largest absolute Gasteiger partial charge is 0.326 e. The highest BCUT2D eigenvalue weighted by atomic mass is 16.6. The fourth-order valence-corrected chi connectivity index (χ4v) is 1.74. The van der Waals surface area contributed by atoms with E-state index in [-0.39, 0.29) is 11.6 Å². The maximum atomic E-state index is 12.0. The van der Waals surface area contributed by atoms with E-state index in [0.29, 0.717) is 17.8 Å². The standard InChI is InChI=1S/C14H13N3O3/c15-9-10-3-1-4-11(7-10)14(18)16-12-5-2-6-13(8-12)17(19)20/h1-8H,9,15H2,(H,16,18). The van der Waals surface area contributed by atoms with E-state index in [2.05, 4.69) is 5.32 Å². The highest BCUT2D eigenvalue weighted by molar-refractivity contribution is 6.04. The molecular formula is C14H13N3O3. The fourth-order valence-electron chi connectivity index (χ4n) is 1.74. The van der Waals surface area contributed by atoms with Crippen LogP contribution >= 0.6 is 0 Å². The Morgan fingerprint density at radius 1 is 1.20 bits per heavy atom. The topological polar surface area (TPSA) is 98.3 Å². The molecular weight excluding hydrogens is 258 g/mol. The normalized spacial score (nSPS) is 10.1. The van der Waals surface area contributed by atoms with Crippen LogP contribution in [0.2, 0.25) is 0 Å². The first-order valence-corrected chi connectivity index (χ1v) is 5.95. The van der Waals surface area contributed by atoms with Gasteiger partial charge in [-0.15, -0.1) is 0 Å². The molecule has 3 N–H and O–H groups in total. The number of anilines is 1. The summed E-state index contributed by atoms with van der Waals surface area (Å²) >= 11 is 0. The number of carbonyl (C=O) groups excluding carboxylic acids is 1. The molecule has 0 aliphatic rings. The first-order chi connectivity index (χ1) is 9.60. The second-order valence-corrected chi connectivity index (χ2v) is 4.17. The van der Waals surface area contributed by atoms with Gasteiger partial charge in [0.15, 0.2) is 0 Å². The number of benzene rings is 2. The first-order valence-electron chi connectivity index (χ1n) is 5.95. The quantitative estimate of drug-likeness (QED) is 0.658. The number of hydrogen-bond acceptors (Lipinski definition) is 4. The van der Waals surface area contributed by atoms with E-state index < -0.39 is 4.92 Å². The lowest BCUT2D eigenvalue weighted by atomic mass is 10.1. The molecule has 0 fully saturated rings. The number of nitrogens with one attached hydrogen (secondary N) is 1. The van der Waals surface area contributed by atoms with Gasteiger partial charge in [-0.2, -0.15) is 0 Å². The summed E-state index contributed by atoms with van der Waals surface area (Å²) in [5, 5.41) is 13.3. The number of carbonyl (C=O) groups is 1. The van der Waals surface area contributed by atoms with Crippen molar-refractivity contribution in [3.05, 3.63) is 69.8 Å². The SMILES string of the molecule is NCc1cccc(C(=O)Nc2cccc([N+](=O)[O-])c2)c1. The highest BCUT2D eigenvalue weighted by Crippen LogP contribution is 2.18. The molecule has 2 aromatic rings. The summed E-state index contributed by atoms with van der Waals surface area (Å²) in [7, 11) is 0. The second-order valence-electron chi connectivity index (χ2n) is 4.17. The Morgan fingerprint density at radius 2 is 1.95 bits per heavy atom. The maximum Gasteiger partial charge on any atom is 0.271 e. The van der Waals surface area contributed by atoms with Gasteiger partial charge in [-0.3, -0.25) is 14.9 Å². The van der Waals surface area contributed by atoms with Gasteiger partial charge in [-0.05, 0) is 23.8 Å². The van der Waals surface area contributed by atoms with Crippen LogP contribution in [-0.4, -0.2) is 10.8 Å². The van der Waals surface area contributed by atoms with Crippen molar-refractivity contribution in [2.24, 2.45) is 5.73 Å². The Labute approximate surface area is 115 Å². The molecule has 0 atom stereocenters. The van der Waals surface area contributed by atoms with Crippen LogP contribution in [0.1, 0.15) is 15.9 Å². The van der Waals surface area contributed by atoms with Crippen LogP contribution in [0.15, 0.2) is 48.5 Å². The monoisotopic (exact) mass is 271 g/mol. The van der Waals surface area contributed by atoms with E-state index in [9.17, 15) is 14.9 Å². The molecule has 2 aromatic carbocycles. The summed E-state index contributed by atoms with van der Waals surface area (Å²) in [6, 6.07) is 12.7. The van der Waals surface area contributed by atoms with Crippen molar-refractivity contribution in [3.63, 3.8) is 0 Å². The molecule has 0 saturated carbocycles. The van der Waals surface area contributed by atoms with E-state index >= 15 is 0 Å². The number of non-ortho nitro benzene ring substituents is 1. The Bertz CT molecular complexity index is 656. The van der Waals surface area contributed by atoms with Crippen molar-refractivity contribution >= 4 is 17.3 Å². The molecule has 20 heavy (non-hydrogen) atoms. The van der Waals surface area contributed by atoms with Crippen molar-refractivity contribution in [2.75, 3.05) is 5.32 Å². The summed E-state index contributed by atoms with van der Waals surface area (Å²) in [4.78, 5) is 22.2. The number of nitrogens with zero attached hydrogens (tertiary/aromatic N) is 1. The zero-order valence-corrected chi connectivity index (χ0v) is 10.6. The van der Waals surface area contributed by atoms with Crippen LogP contribution < -0.4 is 11.1 Å². The first kappa shape index (κ1) is 13.7. The molecule has 2 rings (SSSR count). The van der Waals surface area contributed by atoms with E-state index in [1.807, 2.05) is 6.07 Å². The van der Waals surface area contributed by atoms with Gasteiger partial charge in [0.25, 0.3) is 11.6 Å². The zero-order valence-electron chi connectivity index (χ0n) is 10.6. The molecule has 6 nitrogen and oxygen atoms in total. The summed E-state index contributed by atoms with van der Waals surface area (Å²) in [5.74, 6) is -0.333. The summed E-state index contributed by atoms with van der Waals surface area (Å²) < 4.78 is 0. The Hall–Kier alpha value is -2.73. The smallest absolute Gasteiger partial charge is 0.271 e. The van der Waals surface area contributed by atoms with Crippen molar-refractivity contribution in [1.82, 2.24) is 0 Å². The summed E-state index contributed by atoms with van der Waals surface area (Å²) in [5.41, 5.74) is 7.13. The molecule has 1 amide bonds. The average molecular weight is 271 g/mol. The van der Waals surface area contributed by atoms with Gasteiger partial charge < -0.3 is 11.1 Å². The third-order valence-corrected chi connectivity index (χ3v) is 2.74. The summed E-state index contributed by atoms with van der Waals surface area (Å²) in [6.45, 7) is 0.345. The lowest BCUT2D eigenvalue weighted by Crippen LogP contribution is -2.12. The van der Waals surface area contributed by atoms with Crippen molar-refractivity contribution < 1.29 is 9.72 Å². The molecule has 102 valence electrons. The zero-order chi connectivity index (χ0) is 14.5. The van der Waals surface area contributed by atoms with Crippen LogP contribution in [0.4, 0.5) is 11.4 Å². The van der Waals surface area contributed by atoms with Gasteiger partial charge in [0.2, 0.25) is 0 Å². The fraction of sp³-hybridized carbons (Fsp3) is 0.0714. The molecule has 0 heterocycles. The molecule has 0 spiro atoms. The molecule has 0 radical (unpaired) electrons. The van der Waals surface area contributed by atoms with Gasteiger partial charge in [-0.25, -0.2) is 0 Å². The summed E-state index contributed by atoms with van der Waals surface area (Å²) in [6.07, 6.45) is 0. The minimum absolute atomic E-state index is 0.0708. The van der Waals surface area contributed by atoms with E-state index in [0.717, 1.165) is 5.56 Å². The van der Waals surface area contributed by atoms with E-state index in [1.54, 1.807) is 24.3 Å². The number of amides is 1. The van der Waals surface area contributed by atoms with E-state index in [4.69, 9.17) is 5.73 Å². The molecule has 6 heteroatoms. The second kappa shape index (κ2) is 5.94. The van der Waals surface area contributed by atoms with Crippen LogP contribution in [0.25, 0.3) is 0 Å². The predicted molar refractivity (Wildman–Crippen MR) is 75.4 cm³/mol. The Morgan fingerprint density at radius 3 is 2.65 bits per heavy atom. The number of hydrogen-bond donors (Lipinski definition) is 2. The predicted octanol–water partition coefficient (Wildman–Crippen LogP) is 2.31. The Kier molecular flexibility index (Phi) is 4.07. The van der Waals surface area contributed by atoms with Gasteiger partial charge in [0.1, 0.15) is 0 Å². The molecule has 0 saturated heterocycles. The lowest BCUT2D eigenvalue weighted by Gasteiger charge is -2.06. The average Bonchev–Trinajstić information content (AvgIpc) is 2.47. The van der Waals surface area contributed by atoms with Crippen LogP contribution in [0.3, 0.4) is 0 Å². The van der Waals surface area contributed by atoms with Crippen LogP contribution in [0.5, 0.6) is 0 Å². The molecule has 0 bridgehead atoms. The van der Waals surface area contributed by atoms with Crippen molar-refractivity contribution in [2.45, 2.75) is 6.54 Å². The van der Waals surface area contributed by atoms with Crippen molar-refractivity contribution in [3.8, 4) is 0 Å². The third-order valence-electron chi connectivity index (χ3n) is 2.74. The van der Waals surface area contributed by atoms with Gasteiger partial charge in [0.05, 0.1) is 4.92 Å². The van der Waals surface area contributed by atoms with Crippen LogP contribution in [0, 0.1) is 10.1 Å². The van der Waals surface area contributed by atoms with Gasteiger partial charge >= 0.3 is 0 Å². The third kappa shape index (κ3) is 3.18. The molecule has 0 unspecified atom stereocenters. The number of nitro benzene ring substituents is 1. The van der Waals surface area contributed by atoms with Crippen molar-refractivity contribution in [1.29, 1.82) is 0 Å². The minimum atomic E-state index is -0.509. The van der Waals surface area contributed by atoms with Crippen LogP contribution in [-0.2, 0) is 6.54 Å². The number of nitro groups is 1. The highest BCUT2D eigenvalue weighted by Gasteiger charge is 2.10. The van der Waals surface area contributed by atoms with Gasteiger partial charge in [-0.1, -0.05) is 18.2 Å². The molecule has 0 aliphatic heterocycles. The molecule has 0 aliphatic carbocycles. The lowest BCUT2D eigenvalue weighted by molar-refractivity contribution is -0.384. The number of nitrogens with two attached hydrogens (primary N) is 1. The van der Waals surface area contributed by atoms with E-state index in [1.165, 1.54) is 18.2 Å². The van der Waals surface area contributed by atoms with Gasteiger partial charge in [0, 0.05) is 29.9 Å². The number of rotatable bonds is 4. The molecule has 0 aromatic heterocycles.